The summed E-state index contributed by atoms with van der Waals surface area (Å²) in [5, 5.41) is 16.2. The number of nitrogens with zero attached hydrogens (tertiary/aromatic N) is 3. The molecular formula is C20H23FN4O3. The first-order chi connectivity index (χ1) is 13.3. The standard InChI is InChI=1S/C20H23FN4O3/c1-20(2,3)28-19(26)23-9-13-10-24-25(11-13)12-14-7-17(21)16(8-22)18-15(14)5-4-6-27-18/h7,10-11H,4-6,9,12H2,1-3H3,(H,23,26). The summed E-state index contributed by atoms with van der Waals surface area (Å²) in [5.74, 6) is -0.236. The molecule has 1 aliphatic rings. The lowest BCUT2D eigenvalue weighted by Crippen LogP contribution is -2.32. The second-order valence-corrected chi connectivity index (χ2v) is 7.67. The number of nitriles is 1. The average molecular weight is 386 g/mol. The fourth-order valence-corrected chi connectivity index (χ4v) is 3.07. The van der Waals surface area contributed by atoms with Crippen LogP contribution < -0.4 is 10.1 Å². The number of carbonyl (C=O) groups excluding carboxylic acids is 1. The Morgan fingerprint density at radius 3 is 3.00 bits per heavy atom. The first-order valence-corrected chi connectivity index (χ1v) is 9.12. The van der Waals surface area contributed by atoms with Crippen molar-refractivity contribution in [1.29, 1.82) is 5.26 Å². The predicted octanol–water partition coefficient (Wildman–Crippen LogP) is 3.29. The minimum atomic E-state index is -0.586. The summed E-state index contributed by atoms with van der Waals surface area (Å²) in [7, 11) is 0. The van der Waals surface area contributed by atoms with Crippen molar-refractivity contribution in [2.45, 2.75) is 52.3 Å². The Labute approximate surface area is 163 Å². The highest BCUT2D eigenvalue weighted by molar-refractivity contribution is 5.67. The lowest BCUT2D eigenvalue weighted by molar-refractivity contribution is 0.0523. The average Bonchev–Trinajstić information content (AvgIpc) is 3.06. The van der Waals surface area contributed by atoms with Crippen LogP contribution in [-0.4, -0.2) is 28.1 Å². The molecule has 7 nitrogen and oxygen atoms in total. The number of aromatic nitrogens is 2. The van der Waals surface area contributed by atoms with Crippen molar-refractivity contribution >= 4 is 6.09 Å². The third-order valence-corrected chi connectivity index (χ3v) is 4.21. The molecule has 0 saturated carbocycles. The number of benzene rings is 1. The Hall–Kier alpha value is -3.08. The number of ether oxygens (including phenoxy) is 2. The number of carbonyl (C=O) groups is 1. The van der Waals surface area contributed by atoms with E-state index in [0.29, 0.717) is 18.9 Å². The molecule has 0 saturated heterocycles. The van der Waals surface area contributed by atoms with Gasteiger partial charge >= 0.3 is 6.09 Å². The number of nitrogens with one attached hydrogen (secondary N) is 1. The third kappa shape index (κ3) is 4.60. The van der Waals surface area contributed by atoms with E-state index < -0.39 is 17.5 Å². The molecule has 0 unspecified atom stereocenters. The van der Waals surface area contributed by atoms with E-state index in [0.717, 1.165) is 29.5 Å². The van der Waals surface area contributed by atoms with Gasteiger partial charge in [-0.25, -0.2) is 9.18 Å². The molecule has 1 aromatic heterocycles. The van der Waals surface area contributed by atoms with Gasteiger partial charge in [-0.3, -0.25) is 4.68 Å². The third-order valence-electron chi connectivity index (χ3n) is 4.21. The number of rotatable bonds is 4. The van der Waals surface area contributed by atoms with Gasteiger partial charge in [-0.2, -0.15) is 10.4 Å². The Balaban J connectivity index is 1.71. The van der Waals surface area contributed by atoms with E-state index in [-0.39, 0.29) is 12.1 Å². The fourth-order valence-electron chi connectivity index (χ4n) is 3.07. The smallest absolute Gasteiger partial charge is 0.407 e. The van der Waals surface area contributed by atoms with Gasteiger partial charge in [-0.15, -0.1) is 0 Å². The van der Waals surface area contributed by atoms with Crippen LogP contribution in [0.15, 0.2) is 18.5 Å². The highest BCUT2D eigenvalue weighted by Crippen LogP contribution is 2.34. The maximum atomic E-state index is 14.3. The van der Waals surface area contributed by atoms with Gasteiger partial charge in [-0.05, 0) is 45.2 Å². The monoisotopic (exact) mass is 386 g/mol. The Morgan fingerprint density at radius 1 is 1.50 bits per heavy atom. The van der Waals surface area contributed by atoms with Crippen LogP contribution in [0.2, 0.25) is 0 Å². The molecule has 0 radical (unpaired) electrons. The summed E-state index contributed by atoms with van der Waals surface area (Å²) < 4.78 is 26.7. The molecule has 1 amide bonds. The van der Waals surface area contributed by atoms with Crippen molar-refractivity contribution < 1.29 is 18.7 Å². The van der Waals surface area contributed by atoms with Gasteiger partial charge in [0.05, 0.1) is 19.3 Å². The molecule has 3 rings (SSSR count). The number of amides is 1. The van der Waals surface area contributed by atoms with Gasteiger partial charge in [0, 0.05) is 23.9 Å². The van der Waals surface area contributed by atoms with E-state index in [4.69, 9.17) is 9.47 Å². The van der Waals surface area contributed by atoms with Crippen LogP contribution in [-0.2, 0) is 24.2 Å². The fraction of sp³-hybridized carbons (Fsp3) is 0.450. The van der Waals surface area contributed by atoms with Crippen LogP contribution in [0.4, 0.5) is 9.18 Å². The van der Waals surface area contributed by atoms with E-state index in [1.807, 2.05) is 6.07 Å². The van der Waals surface area contributed by atoms with Crippen molar-refractivity contribution in [2.75, 3.05) is 6.61 Å². The summed E-state index contributed by atoms with van der Waals surface area (Å²) in [6.45, 7) is 6.49. The van der Waals surface area contributed by atoms with Crippen molar-refractivity contribution in [3.8, 4) is 11.8 Å². The summed E-state index contributed by atoms with van der Waals surface area (Å²) in [6.07, 6.45) is 4.47. The first-order valence-electron chi connectivity index (χ1n) is 9.12. The van der Waals surface area contributed by atoms with E-state index in [9.17, 15) is 14.4 Å². The van der Waals surface area contributed by atoms with Gasteiger partial charge in [0.15, 0.2) is 0 Å². The molecule has 148 valence electrons. The minimum Gasteiger partial charge on any atom is -0.492 e. The van der Waals surface area contributed by atoms with Crippen molar-refractivity contribution in [3.63, 3.8) is 0 Å². The molecule has 1 aliphatic heterocycles. The quantitative estimate of drug-likeness (QED) is 0.871. The lowest BCUT2D eigenvalue weighted by Gasteiger charge is -2.22. The van der Waals surface area contributed by atoms with Crippen LogP contribution >= 0.6 is 0 Å². The highest BCUT2D eigenvalue weighted by Gasteiger charge is 2.23. The number of alkyl carbamates (subject to hydrolysis) is 1. The van der Waals surface area contributed by atoms with Crippen molar-refractivity contribution in [3.05, 3.63) is 46.5 Å². The van der Waals surface area contributed by atoms with Gasteiger partial charge in [0.25, 0.3) is 0 Å². The van der Waals surface area contributed by atoms with Gasteiger partial charge in [0.1, 0.15) is 28.8 Å². The Morgan fingerprint density at radius 2 is 2.29 bits per heavy atom. The molecule has 0 bridgehead atoms. The Kier molecular flexibility index (Phi) is 5.54. The predicted molar refractivity (Wildman–Crippen MR) is 99.3 cm³/mol. The van der Waals surface area contributed by atoms with Crippen molar-refractivity contribution in [1.82, 2.24) is 15.1 Å². The molecule has 2 heterocycles. The van der Waals surface area contributed by atoms with Crippen molar-refractivity contribution in [2.24, 2.45) is 0 Å². The van der Waals surface area contributed by atoms with E-state index >= 15 is 0 Å². The van der Waals surface area contributed by atoms with Gasteiger partial charge in [0.2, 0.25) is 0 Å². The number of halogens is 1. The molecule has 28 heavy (non-hydrogen) atoms. The van der Waals surface area contributed by atoms with E-state index in [1.165, 1.54) is 6.07 Å². The summed E-state index contributed by atoms with van der Waals surface area (Å²) in [6, 6.07) is 3.27. The van der Waals surface area contributed by atoms with Gasteiger partial charge in [-0.1, -0.05) is 0 Å². The molecular weight excluding hydrogens is 363 g/mol. The van der Waals surface area contributed by atoms with E-state index in [1.54, 1.807) is 37.8 Å². The SMILES string of the molecule is CC(C)(C)OC(=O)NCc1cnn(Cc2cc(F)c(C#N)c3c2CCCO3)c1. The Bertz CT molecular complexity index is 925. The second kappa shape index (κ2) is 7.89. The number of hydrogen-bond acceptors (Lipinski definition) is 5. The molecule has 0 atom stereocenters. The van der Waals surface area contributed by atoms with Crippen LogP contribution in [0.25, 0.3) is 0 Å². The maximum Gasteiger partial charge on any atom is 0.407 e. The molecule has 1 N–H and O–H groups in total. The zero-order valence-corrected chi connectivity index (χ0v) is 16.2. The molecule has 0 spiro atoms. The molecule has 0 aliphatic carbocycles. The van der Waals surface area contributed by atoms with Gasteiger partial charge < -0.3 is 14.8 Å². The van der Waals surface area contributed by atoms with E-state index in [2.05, 4.69) is 10.4 Å². The largest absolute Gasteiger partial charge is 0.492 e. The van der Waals surface area contributed by atoms with Crippen LogP contribution in [0, 0.1) is 17.1 Å². The second-order valence-electron chi connectivity index (χ2n) is 7.67. The number of fused-ring (bicyclic) bond motifs is 1. The summed E-state index contributed by atoms with van der Waals surface area (Å²) in [5.41, 5.74) is 1.79. The lowest BCUT2D eigenvalue weighted by atomic mass is 9.96. The number of hydrogen-bond donors (Lipinski definition) is 1. The summed E-state index contributed by atoms with van der Waals surface area (Å²) >= 11 is 0. The highest BCUT2D eigenvalue weighted by atomic mass is 19.1. The zero-order valence-electron chi connectivity index (χ0n) is 16.2. The maximum absolute atomic E-state index is 14.3. The van der Waals surface area contributed by atoms with Crippen LogP contribution in [0.3, 0.4) is 0 Å². The molecule has 1 aromatic carbocycles. The van der Waals surface area contributed by atoms with Crippen LogP contribution in [0.5, 0.6) is 5.75 Å². The zero-order chi connectivity index (χ0) is 20.3. The normalized spacial score (nSPS) is 13.2. The topological polar surface area (TPSA) is 89.2 Å². The summed E-state index contributed by atoms with van der Waals surface area (Å²) in [4.78, 5) is 11.7. The molecule has 0 fully saturated rings. The minimum absolute atomic E-state index is 0.0406. The molecule has 2 aromatic rings. The van der Waals surface area contributed by atoms with Crippen LogP contribution in [0.1, 0.15) is 49.4 Å². The first kappa shape index (κ1) is 19.7. The molecule has 8 heteroatoms.